The van der Waals surface area contributed by atoms with Gasteiger partial charge in [0, 0.05) is 45.1 Å². The average molecular weight is 328 g/mol. The van der Waals surface area contributed by atoms with Gasteiger partial charge in [-0.25, -0.2) is 4.98 Å². The van der Waals surface area contributed by atoms with Crippen molar-refractivity contribution >= 4 is 11.9 Å². The number of rotatable bonds is 5. The average Bonchev–Trinajstić information content (AvgIpc) is 3.11. The van der Waals surface area contributed by atoms with Gasteiger partial charge in [-0.05, 0) is 26.0 Å². The van der Waals surface area contributed by atoms with Crippen LogP contribution in [-0.2, 0) is 11.3 Å². The predicted octanol–water partition coefficient (Wildman–Crippen LogP) is 2.02. The van der Waals surface area contributed by atoms with Crippen LogP contribution in [0.4, 0.5) is 5.95 Å². The fourth-order valence-electron chi connectivity index (χ4n) is 2.97. The Labute approximate surface area is 142 Å². The van der Waals surface area contributed by atoms with Crippen molar-refractivity contribution in [3.8, 4) is 5.75 Å². The Morgan fingerprint density at radius 3 is 2.58 bits per heavy atom. The molecule has 2 heterocycles. The summed E-state index contributed by atoms with van der Waals surface area (Å²) >= 11 is 0. The Kier molecular flexibility index (Phi) is 5.03. The first-order valence-corrected chi connectivity index (χ1v) is 8.45. The number of nitrogens with zero attached hydrogens (tertiary/aromatic N) is 4. The molecule has 3 rings (SSSR count). The molecule has 0 radical (unpaired) electrons. The van der Waals surface area contributed by atoms with Crippen LogP contribution in [0.2, 0.25) is 0 Å². The van der Waals surface area contributed by atoms with E-state index >= 15 is 0 Å². The van der Waals surface area contributed by atoms with Gasteiger partial charge in [-0.3, -0.25) is 4.79 Å². The summed E-state index contributed by atoms with van der Waals surface area (Å²) in [6, 6.07) is 9.47. The van der Waals surface area contributed by atoms with E-state index in [4.69, 9.17) is 4.74 Å². The number of carbonyl (C=O) groups excluding carboxylic acids is 1. The van der Waals surface area contributed by atoms with Gasteiger partial charge in [0.15, 0.2) is 6.10 Å². The van der Waals surface area contributed by atoms with Gasteiger partial charge in [-0.15, -0.1) is 0 Å². The molecule has 1 aliphatic rings. The number of piperazine rings is 1. The topological polar surface area (TPSA) is 50.6 Å². The number of anilines is 1. The second-order valence-electron chi connectivity index (χ2n) is 5.90. The first kappa shape index (κ1) is 16.4. The second kappa shape index (κ2) is 7.38. The van der Waals surface area contributed by atoms with Crippen molar-refractivity contribution in [1.29, 1.82) is 0 Å². The second-order valence-corrected chi connectivity index (χ2v) is 5.90. The van der Waals surface area contributed by atoms with E-state index in [1.54, 1.807) is 0 Å². The Morgan fingerprint density at radius 2 is 1.92 bits per heavy atom. The number of aryl methyl sites for hydroxylation is 1. The minimum Gasteiger partial charge on any atom is -0.481 e. The van der Waals surface area contributed by atoms with E-state index < -0.39 is 6.10 Å². The SMILES string of the molecule is CCn1ccnc1N1CCN(C(=O)[C@@H](C)Oc2ccccc2)CC1. The molecule has 1 aliphatic heterocycles. The Balaban J connectivity index is 1.55. The first-order valence-electron chi connectivity index (χ1n) is 8.45. The van der Waals surface area contributed by atoms with Crippen molar-refractivity contribution in [3.63, 3.8) is 0 Å². The lowest BCUT2D eigenvalue weighted by molar-refractivity contribution is -0.138. The predicted molar refractivity (Wildman–Crippen MR) is 93.2 cm³/mol. The number of benzene rings is 1. The molecule has 128 valence electrons. The van der Waals surface area contributed by atoms with Crippen LogP contribution < -0.4 is 9.64 Å². The highest BCUT2D eigenvalue weighted by molar-refractivity contribution is 5.81. The number of hydrogen-bond donors (Lipinski definition) is 0. The zero-order chi connectivity index (χ0) is 16.9. The summed E-state index contributed by atoms with van der Waals surface area (Å²) in [5, 5.41) is 0. The van der Waals surface area contributed by atoms with E-state index in [0.29, 0.717) is 13.1 Å². The summed E-state index contributed by atoms with van der Waals surface area (Å²) < 4.78 is 7.87. The molecule has 6 nitrogen and oxygen atoms in total. The van der Waals surface area contributed by atoms with Gasteiger partial charge in [-0.2, -0.15) is 0 Å². The monoisotopic (exact) mass is 328 g/mol. The summed E-state index contributed by atoms with van der Waals surface area (Å²) in [6.07, 6.45) is 3.34. The van der Waals surface area contributed by atoms with Gasteiger partial charge in [0.05, 0.1) is 0 Å². The van der Waals surface area contributed by atoms with Crippen LogP contribution in [0, 0.1) is 0 Å². The fourth-order valence-corrected chi connectivity index (χ4v) is 2.97. The van der Waals surface area contributed by atoms with Crippen LogP contribution in [0.5, 0.6) is 5.75 Å². The molecule has 2 aromatic rings. The highest BCUT2D eigenvalue weighted by Crippen LogP contribution is 2.16. The van der Waals surface area contributed by atoms with E-state index in [1.165, 1.54) is 0 Å². The van der Waals surface area contributed by atoms with Crippen molar-refractivity contribution < 1.29 is 9.53 Å². The molecule has 0 bridgehead atoms. The third kappa shape index (κ3) is 3.53. The van der Waals surface area contributed by atoms with Crippen molar-refractivity contribution in [2.24, 2.45) is 0 Å². The molecular weight excluding hydrogens is 304 g/mol. The van der Waals surface area contributed by atoms with Crippen LogP contribution in [0.25, 0.3) is 0 Å². The van der Waals surface area contributed by atoms with Gasteiger partial charge in [-0.1, -0.05) is 18.2 Å². The normalized spacial score (nSPS) is 16.1. The number of imidazole rings is 1. The van der Waals surface area contributed by atoms with Crippen molar-refractivity contribution in [1.82, 2.24) is 14.5 Å². The molecule has 0 N–H and O–H groups in total. The molecule has 0 aliphatic carbocycles. The lowest BCUT2D eigenvalue weighted by Gasteiger charge is -2.36. The summed E-state index contributed by atoms with van der Waals surface area (Å²) in [6.45, 7) is 7.78. The number of carbonyl (C=O) groups is 1. The summed E-state index contributed by atoms with van der Waals surface area (Å²) in [5.74, 6) is 1.75. The molecule has 24 heavy (non-hydrogen) atoms. The number of ether oxygens (including phenoxy) is 1. The van der Waals surface area contributed by atoms with E-state index in [9.17, 15) is 4.79 Å². The lowest BCUT2D eigenvalue weighted by atomic mass is 10.2. The zero-order valence-corrected chi connectivity index (χ0v) is 14.3. The van der Waals surface area contributed by atoms with Crippen molar-refractivity contribution in [2.45, 2.75) is 26.5 Å². The summed E-state index contributed by atoms with van der Waals surface area (Å²) in [4.78, 5) is 21.1. The molecule has 6 heteroatoms. The molecule has 1 fully saturated rings. The van der Waals surface area contributed by atoms with Crippen LogP contribution in [0.3, 0.4) is 0 Å². The standard InChI is InChI=1S/C18H24N4O2/c1-3-20-10-9-19-18(20)22-13-11-21(12-14-22)17(23)15(2)24-16-7-5-4-6-8-16/h4-10,15H,3,11-14H2,1-2H3/t15-/m1/s1. The van der Waals surface area contributed by atoms with Gasteiger partial charge < -0.3 is 19.1 Å². The zero-order valence-electron chi connectivity index (χ0n) is 14.3. The van der Waals surface area contributed by atoms with Crippen LogP contribution in [0.15, 0.2) is 42.7 Å². The minimum absolute atomic E-state index is 0.0392. The molecule has 0 spiro atoms. The quantitative estimate of drug-likeness (QED) is 0.843. The summed E-state index contributed by atoms with van der Waals surface area (Å²) in [7, 11) is 0. The largest absolute Gasteiger partial charge is 0.481 e. The Hall–Kier alpha value is -2.50. The van der Waals surface area contributed by atoms with Crippen LogP contribution >= 0.6 is 0 Å². The smallest absolute Gasteiger partial charge is 0.263 e. The Bertz CT molecular complexity index is 663. The van der Waals surface area contributed by atoms with Crippen LogP contribution in [-0.4, -0.2) is 52.6 Å². The molecule has 0 saturated carbocycles. The molecule has 1 saturated heterocycles. The minimum atomic E-state index is -0.475. The number of amides is 1. The van der Waals surface area contributed by atoms with Crippen molar-refractivity contribution in [2.75, 3.05) is 31.1 Å². The van der Waals surface area contributed by atoms with E-state index in [2.05, 4.69) is 21.4 Å². The molecule has 1 aromatic carbocycles. The Morgan fingerprint density at radius 1 is 1.21 bits per heavy atom. The highest BCUT2D eigenvalue weighted by Gasteiger charge is 2.27. The molecular formula is C18H24N4O2. The van der Waals surface area contributed by atoms with Crippen molar-refractivity contribution in [3.05, 3.63) is 42.7 Å². The maximum absolute atomic E-state index is 12.6. The van der Waals surface area contributed by atoms with E-state index in [1.807, 2.05) is 54.5 Å². The molecule has 1 aromatic heterocycles. The molecule has 1 atom stereocenters. The number of aromatic nitrogens is 2. The van der Waals surface area contributed by atoms with Gasteiger partial charge >= 0.3 is 0 Å². The van der Waals surface area contributed by atoms with E-state index in [-0.39, 0.29) is 5.91 Å². The molecule has 1 amide bonds. The van der Waals surface area contributed by atoms with Gasteiger partial charge in [0.1, 0.15) is 5.75 Å². The molecule has 0 unspecified atom stereocenters. The third-order valence-corrected chi connectivity index (χ3v) is 4.31. The highest BCUT2D eigenvalue weighted by atomic mass is 16.5. The van der Waals surface area contributed by atoms with Crippen LogP contribution in [0.1, 0.15) is 13.8 Å². The fraction of sp³-hybridized carbons (Fsp3) is 0.444. The summed E-state index contributed by atoms with van der Waals surface area (Å²) in [5.41, 5.74) is 0. The maximum Gasteiger partial charge on any atom is 0.263 e. The van der Waals surface area contributed by atoms with Gasteiger partial charge in [0.2, 0.25) is 5.95 Å². The first-order chi connectivity index (χ1) is 11.7. The number of para-hydroxylation sites is 1. The van der Waals surface area contributed by atoms with Gasteiger partial charge in [0.25, 0.3) is 5.91 Å². The third-order valence-electron chi connectivity index (χ3n) is 4.31. The lowest BCUT2D eigenvalue weighted by Crippen LogP contribution is -2.52. The maximum atomic E-state index is 12.6. The number of hydrogen-bond acceptors (Lipinski definition) is 4. The van der Waals surface area contributed by atoms with E-state index in [0.717, 1.165) is 31.3 Å².